The van der Waals surface area contributed by atoms with Crippen molar-refractivity contribution in [3.63, 3.8) is 0 Å². The molecule has 32 heavy (non-hydrogen) atoms. The average Bonchev–Trinajstić information content (AvgIpc) is 3.28. The predicted molar refractivity (Wildman–Crippen MR) is 122 cm³/mol. The monoisotopic (exact) mass is 453 g/mol. The molecule has 0 atom stereocenters. The topological polar surface area (TPSA) is 124 Å². The molecule has 164 valence electrons. The molecule has 0 saturated heterocycles. The lowest BCUT2D eigenvalue weighted by Gasteiger charge is -2.09. The van der Waals surface area contributed by atoms with Crippen molar-refractivity contribution in [3.05, 3.63) is 82.1 Å². The quantitative estimate of drug-likeness (QED) is 0.231. The summed E-state index contributed by atoms with van der Waals surface area (Å²) in [6.45, 7) is 2.26. The first-order valence-electron chi connectivity index (χ1n) is 9.61. The third-order valence-electron chi connectivity index (χ3n) is 4.21. The smallest absolute Gasteiger partial charge is 0.338 e. The van der Waals surface area contributed by atoms with Crippen LogP contribution in [0.15, 0.2) is 65.1 Å². The Labute approximate surface area is 188 Å². The van der Waals surface area contributed by atoms with Crippen molar-refractivity contribution < 1.29 is 23.7 Å². The van der Waals surface area contributed by atoms with Gasteiger partial charge in [0.1, 0.15) is 5.76 Å². The van der Waals surface area contributed by atoms with E-state index in [1.807, 2.05) is 6.92 Å². The average molecular weight is 453 g/mol. The SMILES string of the molecule is CCCOC(=O)c1ccc(NC(=S)NC(=O)c2ccc(-c3cccc([N+](=O)[O-])c3)o2)cc1. The molecule has 1 aromatic heterocycles. The highest BCUT2D eigenvalue weighted by Gasteiger charge is 2.15. The Morgan fingerprint density at radius 2 is 1.88 bits per heavy atom. The number of furan rings is 1. The maximum Gasteiger partial charge on any atom is 0.338 e. The minimum absolute atomic E-state index is 0.00956. The summed E-state index contributed by atoms with van der Waals surface area (Å²) in [5.41, 5.74) is 1.36. The number of ether oxygens (including phenoxy) is 1. The van der Waals surface area contributed by atoms with Crippen LogP contribution >= 0.6 is 12.2 Å². The van der Waals surface area contributed by atoms with Crippen LogP contribution in [0.4, 0.5) is 11.4 Å². The van der Waals surface area contributed by atoms with E-state index in [0.717, 1.165) is 6.42 Å². The zero-order chi connectivity index (χ0) is 23.1. The van der Waals surface area contributed by atoms with E-state index in [1.54, 1.807) is 36.4 Å². The summed E-state index contributed by atoms with van der Waals surface area (Å²) in [4.78, 5) is 34.7. The number of nitrogens with zero attached hydrogens (tertiary/aromatic N) is 1. The highest BCUT2D eigenvalue weighted by atomic mass is 32.1. The Kier molecular flexibility index (Phi) is 7.29. The van der Waals surface area contributed by atoms with Gasteiger partial charge in [-0.3, -0.25) is 20.2 Å². The Balaban J connectivity index is 1.59. The summed E-state index contributed by atoms with van der Waals surface area (Å²) in [6, 6.07) is 15.3. The third kappa shape index (κ3) is 5.76. The fourth-order valence-electron chi connectivity index (χ4n) is 2.68. The second-order valence-corrected chi connectivity index (χ2v) is 7.00. The Morgan fingerprint density at radius 3 is 2.56 bits per heavy atom. The van der Waals surface area contributed by atoms with Gasteiger partial charge in [-0.2, -0.15) is 0 Å². The van der Waals surface area contributed by atoms with Crippen molar-refractivity contribution in [2.24, 2.45) is 0 Å². The van der Waals surface area contributed by atoms with Gasteiger partial charge in [-0.25, -0.2) is 4.79 Å². The van der Waals surface area contributed by atoms with Crippen LogP contribution in [0.3, 0.4) is 0 Å². The van der Waals surface area contributed by atoms with Crippen LogP contribution in [0.25, 0.3) is 11.3 Å². The molecule has 3 aromatic rings. The molecule has 0 aliphatic heterocycles. The molecule has 2 aromatic carbocycles. The van der Waals surface area contributed by atoms with Crippen LogP contribution < -0.4 is 10.6 Å². The minimum Gasteiger partial charge on any atom is -0.462 e. The number of esters is 1. The van der Waals surface area contributed by atoms with E-state index < -0.39 is 16.8 Å². The van der Waals surface area contributed by atoms with Gasteiger partial charge < -0.3 is 14.5 Å². The lowest BCUT2D eigenvalue weighted by molar-refractivity contribution is -0.384. The Morgan fingerprint density at radius 1 is 1.12 bits per heavy atom. The van der Waals surface area contributed by atoms with Crippen molar-refractivity contribution in [2.75, 3.05) is 11.9 Å². The minimum atomic E-state index is -0.584. The van der Waals surface area contributed by atoms with Crippen LogP contribution in [0.2, 0.25) is 0 Å². The molecule has 3 rings (SSSR count). The number of nitro benzene ring substituents is 1. The molecular formula is C22H19N3O6S. The Bertz CT molecular complexity index is 1160. The summed E-state index contributed by atoms with van der Waals surface area (Å²) < 4.78 is 10.6. The van der Waals surface area contributed by atoms with E-state index in [0.29, 0.717) is 29.2 Å². The second kappa shape index (κ2) is 10.3. The highest BCUT2D eigenvalue weighted by molar-refractivity contribution is 7.80. The number of benzene rings is 2. The van der Waals surface area contributed by atoms with Gasteiger partial charge in [0.15, 0.2) is 10.9 Å². The van der Waals surface area contributed by atoms with Gasteiger partial charge >= 0.3 is 5.97 Å². The lowest BCUT2D eigenvalue weighted by Crippen LogP contribution is -2.33. The zero-order valence-electron chi connectivity index (χ0n) is 17.0. The largest absolute Gasteiger partial charge is 0.462 e. The maximum atomic E-state index is 12.4. The van der Waals surface area contributed by atoms with Crippen molar-refractivity contribution in [1.29, 1.82) is 0 Å². The molecule has 0 unspecified atom stereocenters. The summed E-state index contributed by atoms with van der Waals surface area (Å²) in [7, 11) is 0. The number of thiocarbonyl (C=S) groups is 1. The summed E-state index contributed by atoms with van der Waals surface area (Å²) in [6.07, 6.45) is 0.738. The van der Waals surface area contributed by atoms with Crippen LogP contribution in [0.5, 0.6) is 0 Å². The number of nitro groups is 1. The molecule has 0 aliphatic carbocycles. The molecule has 0 aliphatic rings. The van der Waals surface area contributed by atoms with Gasteiger partial charge in [0.25, 0.3) is 11.6 Å². The molecule has 10 heteroatoms. The van der Waals surface area contributed by atoms with E-state index >= 15 is 0 Å². The number of rotatable bonds is 7. The van der Waals surface area contributed by atoms with Crippen molar-refractivity contribution in [3.8, 4) is 11.3 Å². The zero-order valence-corrected chi connectivity index (χ0v) is 17.8. The molecule has 2 N–H and O–H groups in total. The van der Waals surface area contributed by atoms with Crippen molar-refractivity contribution in [2.45, 2.75) is 13.3 Å². The van der Waals surface area contributed by atoms with E-state index in [2.05, 4.69) is 10.6 Å². The molecule has 1 amide bonds. The standard InChI is InChI=1S/C22H19N3O6S/c1-2-12-30-21(27)14-6-8-16(9-7-14)23-22(32)24-20(26)19-11-10-18(31-19)15-4-3-5-17(13-15)25(28)29/h3-11,13H,2,12H2,1H3,(H2,23,24,26,32). The number of carbonyl (C=O) groups excluding carboxylic acids is 2. The van der Waals surface area contributed by atoms with E-state index in [-0.39, 0.29) is 16.6 Å². The van der Waals surface area contributed by atoms with E-state index in [9.17, 15) is 19.7 Å². The molecule has 1 heterocycles. The predicted octanol–water partition coefficient (Wildman–Crippen LogP) is 4.55. The molecule has 9 nitrogen and oxygen atoms in total. The number of hydrogen-bond acceptors (Lipinski definition) is 7. The number of nitrogens with one attached hydrogen (secondary N) is 2. The molecular weight excluding hydrogens is 434 g/mol. The summed E-state index contributed by atoms with van der Waals surface area (Å²) in [5.74, 6) is -0.696. The number of carbonyl (C=O) groups is 2. The first-order valence-corrected chi connectivity index (χ1v) is 10.0. The van der Waals surface area contributed by atoms with Gasteiger partial charge in [-0.05, 0) is 55.0 Å². The first kappa shape index (κ1) is 22.6. The lowest BCUT2D eigenvalue weighted by atomic mass is 10.1. The van der Waals surface area contributed by atoms with E-state index in [4.69, 9.17) is 21.4 Å². The molecule has 0 radical (unpaired) electrons. The molecule has 0 fully saturated rings. The summed E-state index contributed by atoms with van der Waals surface area (Å²) >= 11 is 5.15. The number of amides is 1. The van der Waals surface area contributed by atoms with Gasteiger partial charge in [-0.15, -0.1) is 0 Å². The van der Waals surface area contributed by atoms with Crippen LogP contribution in [-0.2, 0) is 4.74 Å². The third-order valence-corrected chi connectivity index (χ3v) is 4.42. The van der Waals surface area contributed by atoms with Crippen molar-refractivity contribution >= 4 is 40.6 Å². The first-order chi connectivity index (χ1) is 15.4. The Hall–Kier alpha value is -4.05. The highest BCUT2D eigenvalue weighted by Crippen LogP contribution is 2.25. The number of non-ortho nitro benzene ring substituents is 1. The number of hydrogen-bond donors (Lipinski definition) is 2. The fraction of sp³-hybridized carbons (Fsp3) is 0.136. The maximum absolute atomic E-state index is 12.4. The van der Waals surface area contributed by atoms with Gasteiger partial charge in [0.2, 0.25) is 0 Å². The van der Waals surface area contributed by atoms with Gasteiger partial charge in [0, 0.05) is 23.4 Å². The van der Waals surface area contributed by atoms with Crippen LogP contribution in [0.1, 0.15) is 34.3 Å². The fourth-order valence-corrected chi connectivity index (χ4v) is 2.89. The van der Waals surface area contributed by atoms with Gasteiger partial charge in [0.05, 0.1) is 17.1 Å². The number of anilines is 1. The molecule has 0 bridgehead atoms. The second-order valence-electron chi connectivity index (χ2n) is 6.59. The van der Waals surface area contributed by atoms with Crippen LogP contribution in [-0.4, -0.2) is 28.5 Å². The van der Waals surface area contributed by atoms with E-state index in [1.165, 1.54) is 24.3 Å². The van der Waals surface area contributed by atoms with Crippen LogP contribution in [0, 0.1) is 10.1 Å². The summed E-state index contributed by atoms with van der Waals surface area (Å²) in [5, 5.41) is 16.3. The normalized spacial score (nSPS) is 10.3. The molecule has 0 spiro atoms. The van der Waals surface area contributed by atoms with Gasteiger partial charge in [-0.1, -0.05) is 19.1 Å². The van der Waals surface area contributed by atoms with Crippen molar-refractivity contribution in [1.82, 2.24) is 5.32 Å². The molecule has 0 saturated carbocycles.